The van der Waals surface area contributed by atoms with Crippen LogP contribution in [-0.2, 0) is 17.9 Å². The van der Waals surface area contributed by atoms with Crippen molar-refractivity contribution in [3.63, 3.8) is 0 Å². The average molecular weight is 338 g/mol. The van der Waals surface area contributed by atoms with Crippen molar-refractivity contribution in [3.05, 3.63) is 82.7 Å². The van der Waals surface area contributed by atoms with E-state index in [1.807, 2.05) is 36.4 Å². The molecule has 4 heteroatoms. The summed E-state index contributed by atoms with van der Waals surface area (Å²) in [4.78, 5) is 14.6. The van der Waals surface area contributed by atoms with E-state index >= 15 is 0 Å². The Morgan fingerprint density at radius 1 is 1.16 bits per heavy atom. The number of nitrogens with one attached hydrogen (secondary N) is 1. The molecule has 0 atom stereocenters. The first-order valence-corrected chi connectivity index (χ1v) is 8.60. The summed E-state index contributed by atoms with van der Waals surface area (Å²) < 4.78 is 13.0. The molecule has 0 spiro atoms. The molecule has 0 fully saturated rings. The third kappa shape index (κ3) is 4.77. The molecule has 0 unspecified atom stereocenters. The van der Waals surface area contributed by atoms with Gasteiger partial charge in [0.1, 0.15) is 5.82 Å². The van der Waals surface area contributed by atoms with Crippen molar-refractivity contribution in [1.29, 1.82) is 0 Å². The summed E-state index contributed by atoms with van der Waals surface area (Å²) in [5.41, 5.74) is 4.27. The molecule has 3 rings (SSSR count). The quantitative estimate of drug-likeness (QED) is 0.904. The van der Waals surface area contributed by atoms with E-state index in [0.29, 0.717) is 6.54 Å². The Labute approximate surface area is 148 Å². The van der Waals surface area contributed by atoms with Gasteiger partial charge in [-0.25, -0.2) is 4.39 Å². The van der Waals surface area contributed by atoms with E-state index in [1.165, 1.54) is 17.7 Å². The smallest absolute Gasteiger partial charge is 0.247 e. The van der Waals surface area contributed by atoms with Gasteiger partial charge in [0.25, 0.3) is 0 Å². The van der Waals surface area contributed by atoms with Gasteiger partial charge in [-0.1, -0.05) is 42.5 Å². The predicted octanol–water partition coefficient (Wildman–Crippen LogP) is 3.58. The number of aryl methyl sites for hydroxylation is 1. The van der Waals surface area contributed by atoms with Crippen LogP contribution in [0.25, 0.3) is 0 Å². The van der Waals surface area contributed by atoms with Crippen LogP contribution in [0.1, 0.15) is 23.1 Å². The number of benzene rings is 2. The van der Waals surface area contributed by atoms with Crippen LogP contribution in [0.3, 0.4) is 0 Å². The van der Waals surface area contributed by atoms with Crippen LogP contribution in [0.2, 0.25) is 0 Å². The minimum Gasteiger partial charge on any atom is -0.348 e. The second-order valence-electron chi connectivity index (χ2n) is 6.45. The lowest BCUT2D eigenvalue weighted by molar-refractivity contribution is -0.117. The summed E-state index contributed by atoms with van der Waals surface area (Å²) in [5.74, 6) is -0.195. The lowest BCUT2D eigenvalue weighted by Crippen LogP contribution is -2.33. The fourth-order valence-corrected chi connectivity index (χ4v) is 3.01. The maximum atomic E-state index is 13.0. The highest BCUT2D eigenvalue weighted by Crippen LogP contribution is 2.15. The van der Waals surface area contributed by atoms with E-state index in [0.717, 1.165) is 42.8 Å². The van der Waals surface area contributed by atoms with Gasteiger partial charge >= 0.3 is 0 Å². The third-order valence-electron chi connectivity index (χ3n) is 4.60. The standard InChI is InChI=1S/C21H23FN2O/c1-16-4-2-3-5-19(16)14-23-21(25)18-10-12-24(13-11-18)15-17-6-8-20(22)9-7-17/h2-10H,11-15H2,1H3,(H,23,25). The van der Waals surface area contributed by atoms with Crippen molar-refractivity contribution in [2.24, 2.45) is 0 Å². The average Bonchev–Trinajstić information content (AvgIpc) is 2.63. The lowest BCUT2D eigenvalue weighted by atomic mass is 10.1. The summed E-state index contributed by atoms with van der Waals surface area (Å²) in [6.45, 7) is 4.96. The van der Waals surface area contributed by atoms with Gasteiger partial charge in [0.2, 0.25) is 5.91 Å². The van der Waals surface area contributed by atoms with Crippen LogP contribution in [-0.4, -0.2) is 23.9 Å². The zero-order valence-electron chi connectivity index (χ0n) is 14.5. The normalized spacial score (nSPS) is 14.9. The van der Waals surface area contributed by atoms with Crippen molar-refractivity contribution >= 4 is 5.91 Å². The molecule has 1 aliphatic heterocycles. The van der Waals surface area contributed by atoms with Gasteiger partial charge in [-0.05, 0) is 42.2 Å². The maximum absolute atomic E-state index is 13.0. The van der Waals surface area contributed by atoms with Crippen molar-refractivity contribution in [1.82, 2.24) is 10.2 Å². The van der Waals surface area contributed by atoms with E-state index in [1.54, 1.807) is 0 Å². The lowest BCUT2D eigenvalue weighted by Gasteiger charge is -2.26. The number of carbonyl (C=O) groups is 1. The van der Waals surface area contributed by atoms with Crippen LogP contribution in [0.4, 0.5) is 4.39 Å². The van der Waals surface area contributed by atoms with Crippen molar-refractivity contribution in [2.45, 2.75) is 26.4 Å². The molecular formula is C21H23FN2O. The molecule has 1 heterocycles. The number of amides is 1. The molecule has 0 saturated carbocycles. The Balaban J connectivity index is 1.51. The van der Waals surface area contributed by atoms with Crippen LogP contribution in [0, 0.1) is 12.7 Å². The molecule has 3 nitrogen and oxygen atoms in total. The fourth-order valence-electron chi connectivity index (χ4n) is 3.01. The number of hydrogen-bond donors (Lipinski definition) is 1. The molecular weight excluding hydrogens is 315 g/mol. The van der Waals surface area contributed by atoms with E-state index in [-0.39, 0.29) is 11.7 Å². The van der Waals surface area contributed by atoms with Gasteiger partial charge in [-0.2, -0.15) is 0 Å². The zero-order valence-corrected chi connectivity index (χ0v) is 14.5. The number of nitrogens with zero attached hydrogens (tertiary/aromatic N) is 1. The predicted molar refractivity (Wildman–Crippen MR) is 97.4 cm³/mol. The largest absolute Gasteiger partial charge is 0.348 e. The highest BCUT2D eigenvalue weighted by atomic mass is 19.1. The van der Waals surface area contributed by atoms with Crippen LogP contribution < -0.4 is 5.32 Å². The first kappa shape index (κ1) is 17.4. The van der Waals surface area contributed by atoms with Crippen molar-refractivity contribution in [2.75, 3.05) is 13.1 Å². The number of halogens is 1. The van der Waals surface area contributed by atoms with E-state index in [4.69, 9.17) is 0 Å². The topological polar surface area (TPSA) is 32.3 Å². The van der Waals surface area contributed by atoms with Crippen LogP contribution in [0.5, 0.6) is 0 Å². The van der Waals surface area contributed by atoms with E-state index in [9.17, 15) is 9.18 Å². The molecule has 0 bridgehead atoms. The molecule has 2 aromatic carbocycles. The first-order valence-electron chi connectivity index (χ1n) is 8.60. The van der Waals surface area contributed by atoms with E-state index < -0.39 is 0 Å². The minimum atomic E-state index is -0.213. The SMILES string of the molecule is Cc1ccccc1CNC(=O)C1=CCN(Cc2ccc(F)cc2)CC1. The fraction of sp³-hybridized carbons (Fsp3) is 0.286. The zero-order chi connectivity index (χ0) is 17.6. The molecule has 0 aromatic heterocycles. The maximum Gasteiger partial charge on any atom is 0.247 e. The second-order valence-corrected chi connectivity index (χ2v) is 6.45. The Hall–Kier alpha value is -2.46. The Bertz CT molecular complexity index is 768. The van der Waals surface area contributed by atoms with Gasteiger partial charge in [0.15, 0.2) is 0 Å². The van der Waals surface area contributed by atoms with Crippen molar-refractivity contribution < 1.29 is 9.18 Å². The number of carbonyl (C=O) groups excluding carboxylic acids is 1. The monoisotopic (exact) mass is 338 g/mol. The molecule has 0 aliphatic carbocycles. The molecule has 1 N–H and O–H groups in total. The van der Waals surface area contributed by atoms with Gasteiger partial charge < -0.3 is 5.32 Å². The molecule has 0 saturated heterocycles. The molecule has 25 heavy (non-hydrogen) atoms. The van der Waals surface area contributed by atoms with Crippen LogP contribution in [0.15, 0.2) is 60.2 Å². The van der Waals surface area contributed by atoms with Crippen molar-refractivity contribution in [3.8, 4) is 0 Å². The van der Waals surface area contributed by atoms with Gasteiger partial charge in [-0.15, -0.1) is 0 Å². The molecule has 130 valence electrons. The summed E-state index contributed by atoms with van der Waals surface area (Å²) in [5, 5.41) is 3.01. The number of rotatable bonds is 5. The van der Waals surface area contributed by atoms with Gasteiger partial charge in [0.05, 0.1) is 0 Å². The van der Waals surface area contributed by atoms with Gasteiger partial charge in [-0.3, -0.25) is 9.69 Å². The molecule has 0 radical (unpaired) electrons. The van der Waals surface area contributed by atoms with Gasteiger partial charge in [0, 0.05) is 31.8 Å². The highest BCUT2D eigenvalue weighted by Gasteiger charge is 2.17. The minimum absolute atomic E-state index is 0.0182. The summed E-state index contributed by atoms with van der Waals surface area (Å²) in [6, 6.07) is 14.7. The Kier molecular flexibility index (Phi) is 5.61. The summed E-state index contributed by atoms with van der Waals surface area (Å²) in [7, 11) is 0. The second kappa shape index (κ2) is 8.08. The Morgan fingerprint density at radius 2 is 1.92 bits per heavy atom. The third-order valence-corrected chi connectivity index (χ3v) is 4.60. The number of hydrogen-bond acceptors (Lipinski definition) is 2. The first-order chi connectivity index (χ1) is 12.1. The molecule has 1 aliphatic rings. The highest BCUT2D eigenvalue weighted by molar-refractivity contribution is 5.93. The molecule has 1 amide bonds. The molecule has 2 aromatic rings. The Morgan fingerprint density at radius 3 is 2.60 bits per heavy atom. The van der Waals surface area contributed by atoms with Crippen LogP contribution >= 0.6 is 0 Å². The summed E-state index contributed by atoms with van der Waals surface area (Å²) in [6.07, 6.45) is 2.74. The van der Waals surface area contributed by atoms with E-state index in [2.05, 4.69) is 23.2 Å². The summed E-state index contributed by atoms with van der Waals surface area (Å²) >= 11 is 0.